The zero-order valence-corrected chi connectivity index (χ0v) is 10.8. The number of rotatable bonds is 4. The maximum atomic E-state index is 5.97. The lowest BCUT2D eigenvalue weighted by Crippen LogP contribution is -2.16. The molecule has 1 atom stereocenters. The lowest BCUT2D eigenvalue weighted by atomic mass is 10.1. The molecule has 2 rings (SSSR count). The van der Waals surface area contributed by atoms with Crippen molar-refractivity contribution in [1.82, 2.24) is 10.1 Å². The van der Waals surface area contributed by atoms with Gasteiger partial charge in [-0.2, -0.15) is 4.98 Å². The van der Waals surface area contributed by atoms with E-state index in [1.165, 1.54) is 0 Å². The van der Waals surface area contributed by atoms with Crippen molar-refractivity contribution in [3.05, 3.63) is 30.2 Å². The molecule has 0 bridgehead atoms. The van der Waals surface area contributed by atoms with Crippen LogP contribution in [-0.2, 0) is 0 Å². The van der Waals surface area contributed by atoms with Crippen molar-refractivity contribution in [3.63, 3.8) is 0 Å². The highest BCUT2D eigenvalue weighted by Gasteiger charge is 2.19. The first-order valence-corrected chi connectivity index (χ1v) is 5.86. The van der Waals surface area contributed by atoms with E-state index in [2.05, 4.69) is 10.1 Å². The predicted octanol–water partition coefficient (Wildman–Crippen LogP) is 2.40. The first-order chi connectivity index (χ1) is 8.63. The number of para-hydroxylation sites is 1. The molecule has 0 aliphatic carbocycles. The van der Waals surface area contributed by atoms with E-state index in [9.17, 15) is 0 Å². The third-order valence-corrected chi connectivity index (χ3v) is 2.79. The number of benzene rings is 1. The Kier molecular flexibility index (Phi) is 3.62. The van der Waals surface area contributed by atoms with Crippen LogP contribution in [0.25, 0.3) is 11.4 Å². The van der Waals surface area contributed by atoms with Gasteiger partial charge in [0.2, 0.25) is 11.7 Å². The molecule has 0 saturated heterocycles. The first kappa shape index (κ1) is 12.6. The van der Waals surface area contributed by atoms with Gasteiger partial charge in [-0.15, -0.1) is 0 Å². The van der Waals surface area contributed by atoms with E-state index in [-0.39, 0.29) is 12.0 Å². The molecular weight excluding hydrogens is 230 g/mol. The smallest absolute Gasteiger partial charge is 0.244 e. The van der Waals surface area contributed by atoms with Crippen LogP contribution in [0.4, 0.5) is 0 Å². The number of methoxy groups -OCH3 is 1. The maximum absolute atomic E-state index is 5.97. The Balaban J connectivity index is 2.35. The molecule has 96 valence electrons. The van der Waals surface area contributed by atoms with Gasteiger partial charge in [-0.3, -0.25) is 0 Å². The van der Waals surface area contributed by atoms with Crippen molar-refractivity contribution in [3.8, 4) is 17.1 Å². The quantitative estimate of drug-likeness (QED) is 0.898. The van der Waals surface area contributed by atoms with Crippen molar-refractivity contribution >= 4 is 0 Å². The maximum Gasteiger partial charge on any atom is 0.244 e. The molecule has 5 heteroatoms. The molecule has 0 saturated carbocycles. The second-order valence-corrected chi connectivity index (χ2v) is 4.43. The van der Waals surface area contributed by atoms with Crippen LogP contribution >= 0.6 is 0 Å². The summed E-state index contributed by atoms with van der Waals surface area (Å²) in [4.78, 5) is 4.33. The van der Waals surface area contributed by atoms with Crippen molar-refractivity contribution < 1.29 is 9.26 Å². The molecule has 0 aliphatic heterocycles. The van der Waals surface area contributed by atoms with Crippen LogP contribution in [0.5, 0.6) is 5.75 Å². The number of hydrogen-bond donors (Lipinski definition) is 1. The molecular formula is C13H17N3O2. The summed E-state index contributed by atoms with van der Waals surface area (Å²) in [5.74, 6) is 1.91. The molecule has 0 unspecified atom stereocenters. The van der Waals surface area contributed by atoms with E-state index < -0.39 is 0 Å². The van der Waals surface area contributed by atoms with Gasteiger partial charge in [0.1, 0.15) is 5.75 Å². The Morgan fingerprint density at radius 2 is 2.00 bits per heavy atom. The van der Waals surface area contributed by atoms with E-state index >= 15 is 0 Å². The summed E-state index contributed by atoms with van der Waals surface area (Å²) in [6, 6.07) is 7.28. The summed E-state index contributed by atoms with van der Waals surface area (Å²) in [6.07, 6.45) is 0. The van der Waals surface area contributed by atoms with E-state index in [0.717, 1.165) is 5.56 Å². The fraction of sp³-hybridized carbons (Fsp3) is 0.385. The summed E-state index contributed by atoms with van der Waals surface area (Å²) in [6.45, 7) is 4.02. The molecule has 0 amide bonds. The van der Waals surface area contributed by atoms with Gasteiger partial charge in [-0.1, -0.05) is 31.1 Å². The van der Waals surface area contributed by atoms with Crippen LogP contribution in [0.15, 0.2) is 28.8 Å². The van der Waals surface area contributed by atoms with E-state index in [0.29, 0.717) is 17.5 Å². The Morgan fingerprint density at radius 1 is 1.28 bits per heavy atom. The fourth-order valence-electron chi connectivity index (χ4n) is 1.59. The lowest BCUT2D eigenvalue weighted by molar-refractivity contribution is 0.325. The van der Waals surface area contributed by atoms with E-state index in [1.807, 2.05) is 38.1 Å². The summed E-state index contributed by atoms with van der Waals surface area (Å²) >= 11 is 0. The summed E-state index contributed by atoms with van der Waals surface area (Å²) in [7, 11) is 1.61. The standard InChI is InChI=1S/C13H17N3O2/c1-8(2)11(14)13-15-12(16-18-13)9-6-4-5-7-10(9)17-3/h4-8,11H,14H2,1-3H3/t11-/m1/s1. The Hall–Kier alpha value is -1.88. The summed E-state index contributed by atoms with van der Waals surface area (Å²) in [5, 5.41) is 3.95. The highest BCUT2D eigenvalue weighted by Crippen LogP contribution is 2.28. The highest BCUT2D eigenvalue weighted by molar-refractivity contribution is 5.63. The molecule has 0 fully saturated rings. The molecule has 0 aliphatic rings. The average molecular weight is 247 g/mol. The zero-order chi connectivity index (χ0) is 13.1. The number of aromatic nitrogens is 2. The van der Waals surface area contributed by atoms with E-state index in [1.54, 1.807) is 7.11 Å². The van der Waals surface area contributed by atoms with Crippen LogP contribution < -0.4 is 10.5 Å². The molecule has 2 N–H and O–H groups in total. The molecule has 1 heterocycles. The van der Waals surface area contributed by atoms with Gasteiger partial charge >= 0.3 is 0 Å². The lowest BCUT2D eigenvalue weighted by Gasteiger charge is -2.09. The van der Waals surface area contributed by atoms with Crippen LogP contribution in [0.2, 0.25) is 0 Å². The van der Waals surface area contributed by atoms with Crippen molar-refractivity contribution in [2.45, 2.75) is 19.9 Å². The Bertz CT molecular complexity index is 522. The van der Waals surface area contributed by atoms with Crippen LogP contribution in [0, 0.1) is 5.92 Å². The number of nitrogens with zero attached hydrogens (tertiary/aromatic N) is 2. The van der Waals surface area contributed by atoms with Crippen molar-refractivity contribution in [2.24, 2.45) is 11.7 Å². The predicted molar refractivity (Wildman–Crippen MR) is 68.1 cm³/mol. The minimum Gasteiger partial charge on any atom is -0.496 e. The third kappa shape index (κ3) is 2.36. The first-order valence-electron chi connectivity index (χ1n) is 5.86. The van der Waals surface area contributed by atoms with Gasteiger partial charge in [0.05, 0.1) is 18.7 Å². The third-order valence-electron chi connectivity index (χ3n) is 2.79. The monoisotopic (exact) mass is 247 g/mol. The van der Waals surface area contributed by atoms with Crippen molar-refractivity contribution in [1.29, 1.82) is 0 Å². The number of nitrogens with two attached hydrogens (primary N) is 1. The number of hydrogen-bond acceptors (Lipinski definition) is 5. The van der Waals surface area contributed by atoms with Crippen LogP contribution in [0.1, 0.15) is 25.8 Å². The number of ether oxygens (including phenoxy) is 1. The summed E-state index contributed by atoms with van der Waals surface area (Å²) in [5.41, 5.74) is 6.77. The van der Waals surface area contributed by atoms with Crippen LogP contribution in [-0.4, -0.2) is 17.3 Å². The van der Waals surface area contributed by atoms with Crippen molar-refractivity contribution in [2.75, 3.05) is 7.11 Å². The van der Waals surface area contributed by atoms with Crippen LogP contribution in [0.3, 0.4) is 0 Å². The topological polar surface area (TPSA) is 74.2 Å². The van der Waals surface area contributed by atoms with Gasteiger partial charge in [-0.05, 0) is 18.1 Å². The van der Waals surface area contributed by atoms with Gasteiger partial charge in [0.25, 0.3) is 0 Å². The second-order valence-electron chi connectivity index (χ2n) is 4.43. The normalized spacial score (nSPS) is 12.7. The van der Waals surface area contributed by atoms with Gasteiger partial charge in [0.15, 0.2) is 0 Å². The zero-order valence-electron chi connectivity index (χ0n) is 10.8. The van der Waals surface area contributed by atoms with E-state index in [4.69, 9.17) is 15.0 Å². The van der Waals surface area contributed by atoms with Gasteiger partial charge < -0.3 is 15.0 Å². The minimum absolute atomic E-state index is 0.246. The molecule has 18 heavy (non-hydrogen) atoms. The average Bonchev–Trinajstić information content (AvgIpc) is 2.87. The Labute approximate surface area is 106 Å². The highest BCUT2D eigenvalue weighted by atomic mass is 16.5. The molecule has 2 aromatic rings. The SMILES string of the molecule is COc1ccccc1-c1noc([C@H](N)C(C)C)n1. The second kappa shape index (κ2) is 5.18. The van der Waals surface area contributed by atoms with Gasteiger partial charge in [-0.25, -0.2) is 0 Å². The Morgan fingerprint density at radius 3 is 2.67 bits per heavy atom. The van der Waals surface area contributed by atoms with Gasteiger partial charge in [0, 0.05) is 0 Å². The molecule has 0 radical (unpaired) electrons. The molecule has 1 aromatic carbocycles. The largest absolute Gasteiger partial charge is 0.496 e. The fourth-order valence-corrected chi connectivity index (χ4v) is 1.59. The molecule has 1 aromatic heterocycles. The summed E-state index contributed by atoms with van der Waals surface area (Å²) < 4.78 is 10.5. The molecule has 0 spiro atoms. The molecule has 5 nitrogen and oxygen atoms in total. The minimum atomic E-state index is -0.249.